The zero-order chi connectivity index (χ0) is 27.4. The standard InChI is InChI=1S/C20H33NO4.C7H8O3S/c1-7-23-19(24-8-2)17(14-18(22)25-20(4,5)6)21-15(3)16-12-10-9-11-13-16;1-6-2-4-7(5-3-6)11(8,9)10/h9-13,15,17,19,21H,7-8,14H2,1-6H3;2-5H,1H3,(H,8,9,10)/t15-,17+;/m0./s1. The smallest absolute Gasteiger partial charge is 0.308 e. The fourth-order valence-corrected chi connectivity index (χ4v) is 3.75. The molecular formula is C27H41NO7S. The van der Waals surface area contributed by atoms with Crippen LogP contribution in [0.2, 0.25) is 0 Å². The van der Waals surface area contributed by atoms with Gasteiger partial charge in [0.1, 0.15) is 5.60 Å². The van der Waals surface area contributed by atoms with Crippen molar-refractivity contribution < 1.29 is 32.0 Å². The van der Waals surface area contributed by atoms with Crippen molar-refractivity contribution in [3.63, 3.8) is 0 Å². The van der Waals surface area contributed by atoms with Crippen molar-refractivity contribution in [2.45, 2.75) is 83.8 Å². The van der Waals surface area contributed by atoms with E-state index in [1.54, 1.807) is 12.1 Å². The molecule has 0 amide bonds. The maximum atomic E-state index is 12.3. The van der Waals surface area contributed by atoms with Gasteiger partial charge >= 0.3 is 5.97 Å². The van der Waals surface area contributed by atoms with Gasteiger partial charge in [-0.3, -0.25) is 9.35 Å². The summed E-state index contributed by atoms with van der Waals surface area (Å²) < 4.78 is 46.5. The Kier molecular flexibility index (Phi) is 13.3. The first-order valence-corrected chi connectivity index (χ1v) is 13.5. The SMILES string of the molecule is CCOC(OCC)[C@@H](CC(=O)OC(C)(C)C)N[C@@H](C)c1ccccc1.Cc1ccc(S(=O)(=O)O)cc1. The summed E-state index contributed by atoms with van der Waals surface area (Å²) in [5.41, 5.74) is 1.58. The van der Waals surface area contributed by atoms with Gasteiger partial charge in [0.25, 0.3) is 10.1 Å². The molecule has 202 valence electrons. The molecule has 0 unspecified atom stereocenters. The molecule has 0 aliphatic carbocycles. The van der Waals surface area contributed by atoms with Crippen molar-refractivity contribution in [3.8, 4) is 0 Å². The number of hydrogen-bond donors (Lipinski definition) is 2. The normalized spacial score (nSPS) is 13.5. The first kappa shape index (κ1) is 31.7. The Balaban J connectivity index is 0.000000488. The average Bonchev–Trinajstić information content (AvgIpc) is 2.78. The minimum Gasteiger partial charge on any atom is -0.460 e. The predicted octanol–water partition coefficient (Wildman–Crippen LogP) is 5.08. The van der Waals surface area contributed by atoms with Crippen molar-refractivity contribution >= 4 is 16.1 Å². The van der Waals surface area contributed by atoms with E-state index in [1.807, 2.05) is 59.7 Å². The fraction of sp³-hybridized carbons (Fsp3) is 0.519. The van der Waals surface area contributed by atoms with Gasteiger partial charge in [-0.25, -0.2) is 0 Å². The molecule has 2 rings (SSSR count). The van der Waals surface area contributed by atoms with Crippen LogP contribution in [0.1, 0.15) is 65.1 Å². The molecule has 36 heavy (non-hydrogen) atoms. The zero-order valence-electron chi connectivity index (χ0n) is 22.4. The number of nitrogens with one attached hydrogen (secondary N) is 1. The molecule has 0 aromatic heterocycles. The van der Waals surface area contributed by atoms with E-state index in [9.17, 15) is 13.2 Å². The summed E-state index contributed by atoms with van der Waals surface area (Å²) in [6, 6.07) is 15.8. The summed E-state index contributed by atoms with van der Waals surface area (Å²) in [5.74, 6) is -0.269. The van der Waals surface area contributed by atoms with Gasteiger partial charge in [0.05, 0.1) is 17.4 Å². The van der Waals surface area contributed by atoms with E-state index in [1.165, 1.54) is 12.1 Å². The molecule has 0 aliphatic rings. The maximum absolute atomic E-state index is 12.3. The molecule has 9 heteroatoms. The summed E-state index contributed by atoms with van der Waals surface area (Å²) in [4.78, 5) is 12.3. The molecule has 2 atom stereocenters. The summed E-state index contributed by atoms with van der Waals surface area (Å²) in [6.45, 7) is 14.3. The van der Waals surface area contributed by atoms with Crippen LogP contribution in [0.15, 0.2) is 59.5 Å². The fourth-order valence-electron chi connectivity index (χ4n) is 3.27. The number of hydrogen-bond acceptors (Lipinski definition) is 7. The number of carbonyl (C=O) groups excluding carboxylic acids is 1. The van der Waals surface area contributed by atoms with E-state index in [0.717, 1.165) is 11.1 Å². The topological polar surface area (TPSA) is 111 Å². The van der Waals surface area contributed by atoms with E-state index in [4.69, 9.17) is 18.8 Å². The summed E-state index contributed by atoms with van der Waals surface area (Å²) in [6.07, 6.45) is -0.326. The molecule has 0 saturated carbocycles. The largest absolute Gasteiger partial charge is 0.460 e. The molecular weight excluding hydrogens is 482 g/mol. The van der Waals surface area contributed by atoms with E-state index < -0.39 is 22.0 Å². The van der Waals surface area contributed by atoms with Gasteiger partial charge in [-0.15, -0.1) is 0 Å². The molecule has 2 aromatic carbocycles. The van der Waals surface area contributed by atoms with E-state index in [0.29, 0.717) is 13.2 Å². The van der Waals surface area contributed by atoms with Gasteiger partial charge in [-0.1, -0.05) is 48.0 Å². The number of aryl methyl sites for hydroxylation is 1. The number of benzene rings is 2. The lowest BCUT2D eigenvalue weighted by molar-refractivity contribution is -0.172. The highest BCUT2D eigenvalue weighted by Crippen LogP contribution is 2.18. The van der Waals surface area contributed by atoms with Gasteiger partial charge in [0, 0.05) is 19.3 Å². The second kappa shape index (κ2) is 15.1. The lowest BCUT2D eigenvalue weighted by atomic mass is 10.1. The number of ether oxygens (including phenoxy) is 3. The Morgan fingerprint density at radius 1 is 0.972 bits per heavy atom. The van der Waals surface area contributed by atoms with Gasteiger partial charge in [0.15, 0.2) is 6.29 Å². The van der Waals surface area contributed by atoms with Crippen LogP contribution in [-0.4, -0.2) is 50.1 Å². The van der Waals surface area contributed by atoms with Crippen LogP contribution in [0.3, 0.4) is 0 Å². The molecule has 0 radical (unpaired) electrons. The lowest BCUT2D eigenvalue weighted by Crippen LogP contribution is -2.46. The molecule has 8 nitrogen and oxygen atoms in total. The first-order valence-electron chi connectivity index (χ1n) is 12.1. The second-order valence-electron chi connectivity index (χ2n) is 9.26. The van der Waals surface area contributed by atoms with Crippen molar-refractivity contribution in [1.82, 2.24) is 5.32 Å². The van der Waals surface area contributed by atoms with Crippen LogP contribution in [-0.2, 0) is 29.1 Å². The molecule has 0 bridgehead atoms. The predicted molar refractivity (Wildman–Crippen MR) is 140 cm³/mol. The van der Waals surface area contributed by atoms with Crippen molar-refractivity contribution in [1.29, 1.82) is 0 Å². The molecule has 2 N–H and O–H groups in total. The Bertz CT molecular complexity index is 997. The molecule has 2 aromatic rings. The van der Waals surface area contributed by atoms with Crippen LogP contribution < -0.4 is 5.32 Å². The van der Waals surface area contributed by atoms with E-state index in [2.05, 4.69) is 24.4 Å². The van der Waals surface area contributed by atoms with Gasteiger partial charge in [-0.2, -0.15) is 8.42 Å². The minimum atomic E-state index is -4.02. The minimum absolute atomic E-state index is 0.0528. The van der Waals surface area contributed by atoms with Crippen LogP contribution >= 0.6 is 0 Å². The van der Waals surface area contributed by atoms with Gasteiger partial charge in [-0.05, 0) is 66.2 Å². The number of esters is 1. The summed E-state index contributed by atoms with van der Waals surface area (Å²) in [5, 5.41) is 3.47. The Morgan fingerprint density at radius 3 is 1.94 bits per heavy atom. The zero-order valence-corrected chi connectivity index (χ0v) is 23.2. The van der Waals surface area contributed by atoms with Crippen molar-refractivity contribution in [3.05, 3.63) is 65.7 Å². The van der Waals surface area contributed by atoms with Crippen molar-refractivity contribution in [2.75, 3.05) is 13.2 Å². The molecule has 0 saturated heterocycles. The molecule has 0 spiro atoms. The highest BCUT2D eigenvalue weighted by Gasteiger charge is 2.29. The third kappa shape index (κ3) is 12.6. The third-order valence-electron chi connectivity index (χ3n) is 4.88. The Labute approximate surface area is 216 Å². The van der Waals surface area contributed by atoms with E-state index in [-0.39, 0.29) is 29.4 Å². The molecule has 0 heterocycles. The second-order valence-corrected chi connectivity index (χ2v) is 10.7. The monoisotopic (exact) mass is 523 g/mol. The van der Waals surface area contributed by atoms with Crippen molar-refractivity contribution in [2.24, 2.45) is 0 Å². The van der Waals surface area contributed by atoms with E-state index >= 15 is 0 Å². The van der Waals surface area contributed by atoms with Gasteiger partial charge < -0.3 is 19.5 Å². The highest BCUT2D eigenvalue weighted by atomic mass is 32.2. The highest BCUT2D eigenvalue weighted by molar-refractivity contribution is 7.85. The van der Waals surface area contributed by atoms with Crippen LogP contribution in [0.25, 0.3) is 0 Å². The number of rotatable bonds is 11. The lowest BCUT2D eigenvalue weighted by Gasteiger charge is -2.31. The maximum Gasteiger partial charge on any atom is 0.308 e. The molecule has 0 aliphatic heterocycles. The van der Waals surface area contributed by atoms with Crippen LogP contribution in [0, 0.1) is 6.92 Å². The Hall–Kier alpha value is -2.30. The first-order chi connectivity index (χ1) is 16.8. The average molecular weight is 524 g/mol. The third-order valence-corrected chi connectivity index (χ3v) is 5.75. The quantitative estimate of drug-likeness (QED) is 0.238. The number of carbonyl (C=O) groups is 1. The summed E-state index contributed by atoms with van der Waals surface area (Å²) in [7, 11) is -4.02. The van der Waals surface area contributed by atoms with Crippen LogP contribution in [0.4, 0.5) is 0 Å². The Morgan fingerprint density at radius 2 is 1.50 bits per heavy atom. The summed E-state index contributed by atoms with van der Waals surface area (Å²) >= 11 is 0. The molecule has 0 fully saturated rings. The van der Waals surface area contributed by atoms with Gasteiger partial charge in [0.2, 0.25) is 0 Å². The van der Waals surface area contributed by atoms with Crippen LogP contribution in [0.5, 0.6) is 0 Å².